The Bertz CT molecular complexity index is 671. The minimum Gasteiger partial charge on any atom is -0.383 e. The molecule has 0 saturated carbocycles. The lowest BCUT2D eigenvalue weighted by Crippen LogP contribution is -2.05. The van der Waals surface area contributed by atoms with Crippen molar-refractivity contribution in [1.82, 2.24) is 24.3 Å². The smallest absolute Gasteiger partial charge is 0.132 e. The van der Waals surface area contributed by atoms with Crippen molar-refractivity contribution < 1.29 is 0 Å². The van der Waals surface area contributed by atoms with E-state index in [4.69, 9.17) is 5.73 Å². The number of hydrogen-bond donors (Lipinski definition) is 1. The standard InChI is InChI=1S/C14H16N6/c15-14-12(4-1-5-17-14)13-10-16-11-19(13)7-3-9-20-8-2-6-18-20/h1-2,4-6,8,10-11H,3,7,9H2,(H2,15,17). The fraction of sp³-hybridized carbons (Fsp3) is 0.214. The number of aromatic nitrogens is 5. The Balaban J connectivity index is 1.72. The molecule has 3 aromatic rings. The van der Waals surface area contributed by atoms with Gasteiger partial charge in [0.05, 0.1) is 18.2 Å². The zero-order valence-corrected chi connectivity index (χ0v) is 11.1. The molecular weight excluding hydrogens is 252 g/mol. The molecule has 102 valence electrons. The number of anilines is 1. The molecule has 20 heavy (non-hydrogen) atoms. The van der Waals surface area contributed by atoms with E-state index in [9.17, 15) is 0 Å². The molecule has 6 heteroatoms. The molecule has 2 N–H and O–H groups in total. The van der Waals surface area contributed by atoms with Crippen molar-refractivity contribution in [2.24, 2.45) is 0 Å². The summed E-state index contributed by atoms with van der Waals surface area (Å²) in [7, 11) is 0. The Morgan fingerprint density at radius 2 is 2.10 bits per heavy atom. The van der Waals surface area contributed by atoms with E-state index >= 15 is 0 Å². The van der Waals surface area contributed by atoms with Gasteiger partial charge in [-0.1, -0.05) is 0 Å². The molecule has 0 saturated heterocycles. The van der Waals surface area contributed by atoms with Crippen molar-refractivity contribution in [3.05, 3.63) is 49.3 Å². The quantitative estimate of drug-likeness (QED) is 0.766. The lowest BCUT2D eigenvalue weighted by molar-refractivity contribution is 0.528. The molecule has 3 aromatic heterocycles. The molecule has 6 nitrogen and oxygen atoms in total. The highest BCUT2D eigenvalue weighted by Crippen LogP contribution is 2.23. The van der Waals surface area contributed by atoms with Gasteiger partial charge in [0.15, 0.2) is 0 Å². The van der Waals surface area contributed by atoms with Gasteiger partial charge in [0, 0.05) is 37.2 Å². The van der Waals surface area contributed by atoms with E-state index in [1.54, 1.807) is 12.4 Å². The normalized spacial score (nSPS) is 10.8. The Morgan fingerprint density at radius 1 is 1.15 bits per heavy atom. The van der Waals surface area contributed by atoms with Gasteiger partial charge in [0.2, 0.25) is 0 Å². The van der Waals surface area contributed by atoms with E-state index in [0.29, 0.717) is 5.82 Å². The molecule has 0 aromatic carbocycles. The second-order valence-corrected chi connectivity index (χ2v) is 4.53. The highest BCUT2D eigenvalue weighted by Gasteiger charge is 2.08. The molecule has 0 aliphatic rings. The van der Waals surface area contributed by atoms with E-state index in [-0.39, 0.29) is 0 Å². The maximum absolute atomic E-state index is 5.92. The number of pyridine rings is 1. The number of imidazole rings is 1. The monoisotopic (exact) mass is 268 g/mol. The van der Waals surface area contributed by atoms with Crippen LogP contribution in [0.1, 0.15) is 6.42 Å². The minimum atomic E-state index is 0.529. The van der Waals surface area contributed by atoms with Gasteiger partial charge in [0.25, 0.3) is 0 Å². The van der Waals surface area contributed by atoms with Gasteiger partial charge in [-0.2, -0.15) is 5.10 Å². The fourth-order valence-corrected chi connectivity index (χ4v) is 2.19. The molecule has 0 atom stereocenters. The SMILES string of the molecule is Nc1ncccc1-c1cncn1CCCn1cccn1. The van der Waals surface area contributed by atoms with Crippen LogP contribution >= 0.6 is 0 Å². The summed E-state index contributed by atoms with van der Waals surface area (Å²) in [6.45, 7) is 1.75. The number of aryl methyl sites for hydroxylation is 2. The zero-order valence-electron chi connectivity index (χ0n) is 11.1. The fourth-order valence-electron chi connectivity index (χ4n) is 2.19. The number of nitrogens with zero attached hydrogens (tertiary/aromatic N) is 5. The van der Waals surface area contributed by atoms with Gasteiger partial charge in [0.1, 0.15) is 5.82 Å². The van der Waals surface area contributed by atoms with E-state index in [0.717, 1.165) is 30.8 Å². The molecule has 0 unspecified atom stereocenters. The van der Waals surface area contributed by atoms with Gasteiger partial charge in [-0.15, -0.1) is 0 Å². The predicted octanol–water partition coefficient (Wildman–Crippen LogP) is 1.81. The van der Waals surface area contributed by atoms with Gasteiger partial charge in [-0.3, -0.25) is 4.68 Å². The number of nitrogen functional groups attached to an aromatic ring is 1. The van der Waals surface area contributed by atoms with Crippen LogP contribution in [0.3, 0.4) is 0 Å². The van der Waals surface area contributed by atoms with E-state index in [1.807, 2.05) is 41.6 Å². The first-order chi connectivity index (χ1) is 9.84. The molecule has 0 amide bonds. The first-order valence-electron chi connectivity index (χ1n) is 6.53. The first kappa shape index (κ1) is 12.4. The van der Waals surface area contributed by atoms with E-state index in [2.05, 4.69) is 19.6 Å². The average molecular weight is 268 g/mol. The minimum absolute atomic E-state index is 0.529. The van der Waals surface area contributed by atoms with Crippen LogP contribution in [-0.4, -0.2) is 24.3 Å². The predicted molar refractivity (Wildman–Crippen MR) is 76.7 cm³/mol. The third kappa shape index (κ3) is 2.54. The summed E-state index contributed by atoms with van der Waals surface area (Å²) in [6, 6.07) is 5.77. The van der Waals surface area contributed by atoms with Crippen LogP contribution in [0.4, 0.5) is 5.82 Å². The first-order valence-corrected chi connectivity index (χ1v) is 6.53. The summed E-state index contributed by atoms with van der Waals surface area (Å²) >= 11 is 0. The second kappa shape index (κ2) is 5.56. The van der Waals surface area contributed by atoms with Crippen LogP contribution < -0.4 is 5.73 Å². The lowest BCUT2D eigenvalue weighted by atomic mass is 10.2. The maximum atomic E-state index is 5.92. The third-order valence-electron chi connectivity index (χ3n) is 3.17. The Morgan fingerprint density at radius 3 is 2.90 bits per heavy atom. The summed E-state index contributed by atoms with van der Waals surface area (Å²) in [5.41, 5.74) is 7.84. The van der Waals surface area contributed by atoms with Crippen molar-refractivity contribution in [3.63, 3.8) is 0 Å². The van der Waals surface area contributed by atoms with Crippen LogP contribution in [0.2, 0.25) is 0 Å². The van der Waals surface area contributed by atoms with Crippen LogP contribution in [0, 0.1) is 0 Å². The van der Waals surface area contributed by atoms with Crippen LogP contribution in [-0.2, 0) is 13.1 Å². The molecule has 0 fully saturated rings. The molecule has 0 bridgehead atoms. The number of rotatable bonds is 5. The summed E-state index contributed by atoms with van der Waals surface area (Å²) in [5.74, 6) is 0.529. The van der Waals surface area contributed by atoms with Gasteiger partial charge in [-0.05, 0) is 24.6 Å². The van der Waals surface area contributed by atoms with Gasteiger partial charge in [-0.25, -0.2) is 9.97 Å². The highest BCUT2D eigenvalue weighted by atomic mass is 15.3. The van der Waals surface area contributed by atoms with Gasteiger partial charge < -0.3 is 10.3 Å². The third-order valence-corrected chi connectivity index (χ3v) is 3.17. The lowest BCUT2D eigenvalue weighted by Gasteiger charge is -2.09. The highest BCUT2D eigenvalue weighted by molar-refractivity contribution is 5.70. The zero-order chi connectivity index (χ0) is 13.8. The second-order valence-electron chi connectivity index (χ2n) is 4.53. The Hall–Kier alpha value is -2.63. The summed E-state index contributed by atoms with van der Waals surface area (Å²) in [5, 5.41) is 4.19. The molecule has 0 aliphatic carbocycles. The molecule has 0 radical (unpaired) electrons. The number of nitrogens with two attached hydrogens (primary N) is 1. The Labute approximate surface area is 116 Å². The van der Waals surface area contributed by atoms with Crippen molar-refractivity contribution in [1.29, 1.82) is 0 Å². The average Bonchev–Trinajstić information content (AvgIpc) is 3.11. The number of hydrogen-bond acceptors (Lipinski definition) is 4. The molecule has 0 aliphatic heterocycles. The van der Waals surface area contributed by atoms with E-state index < -0.39 is 0 Å². The summed E-state index contributed by atoms with van der Waals surface area (Å²) in [4.78, 5) is 8.33. The molecule has 3 rings (SSSR count). The van der Waals surface area contributed by atoms with Crippen molar-refractivity contribution in [2.75, 3.05) is 5.73 Å². The molecule has 0 spiro atoms. The summed E-state index contributed by atoms with van der Waals surface area (Å²) < 4.78 is 4.02. The van der Waals surface area contributed by atoms with Crippen LogP contribution in [0.15, 0.2) is 49.3 Å². The van der Waals surface area contributed by atoms with Gasteiger partial charge >= 0.3 is 0 Å². The summed E-state index contributed by atoms with van der Waals surface area (Å²) in [6.07, 6.45) is 10.1. The van der Waals surface area contributed by atoms with Crippen molar-refractivity contribution >= 4 is 5.82 Å². The molecular formula is C14H16N6. The van der Waals surface area contributed by atoms with E-state index in [1.165, 1.54) is 0 Å². The van der Waals surface area contributed by atoms with Crippen molar-refractivity contribution in [3.8, 4) is 11.3 Å². The van der Waals surface area contributed by atoms with Crippen LogP contribution in [0.5, 0.6) is 0 Å². The maximum Gasteiger partial charge on any atom is 0.132 e. The molecule has 3 heterocycles. The van der Waals surface area contributed by atoms with Crippen molar-refractivity contribution in [2.45, 2.75) is 19.5 Å². The van der Waals surface area contributed by atoms with Crippen LogP contribution in [0.25, 0.3) is 11.3 Å². The Kier molecular flexibility index (Phi) is 3.45. The topological polar surface area (TPSA) is 74.5 Å². The largest absolute Gasteiger partial charge is 0.383 e.